The molecule has 1 fully saturated rings. The largest absolute Gasteiger partial charge is 0.480 e. The summed E-state index contributed by atoms with van der Waals surface area (Å²) in [5.41, 5.74) is -1.96. The minimum atomic E-state index is -4.67. The molecule has 0 atom stereocenters. The molecule has 0 amide bonds. The van der Waals surface area contributed by atoms with Gasteiger partial charge in [-0.25, -0.2) is 14.8 Å². The van der Waals surface area contributed by atoms with E-state index in [1.54, 1.807) is 0 Å². The minimum absolute atomic E-state index is 0.212. The Morgan fingerprint density at radius 2 is 2.14 bits per heavy atom. The number of hydrogen-bond acceptors (Lipinski definition) is 6. The summed E-state index contributed by atoms with van der Waals surface area (Å²) in [6.07, 6.45) is -3.43. The molecule has 7 nitrogen and oxygen atoms in total. The van der Waals surface area contributed by atoms with E-state index in [0.29, 0.717) is 11.5 Å². The van der Waals surface area contributed by atoms with E-state index in [1.165, 1.54) is 24.4 Å². The predicted octanol–water partition coefficient (Wildman–Crippen LogP) is 0.845. The van der Waals surface area contributed by atoms with Crippen molar-refractivity contribution in [2.45, 2.75) is 18.4 Å². The summed E-state index contributed by atoms with van der Waals surface area (Å²) >= 11 is 0. The Labute approximate surface area is 123 Å². The number of carbonyl (C=O) groups is 1. The van der Waals surface area contributed by atoms with Crippen LogP contribution in [0.15, 0.2) is 12.4 Å². The van der Waals surface area contributed by atoms with Crippen molar-refractivity contribution < 1.29 is 32.5 Å². The van der Waals surface area contributed by atoms with E-state index in [-0.39, 0.29) is 6.61 Å². The molecule has 1 N–H and O–H groups in total. The zero-order chi connectivity index (χ0) is 16.4. The van der Waals surface area contributed by atoms with Crippen LogP contribution in [0.5, 0.6) is 0 Å². The molecule has 1 aliphatic heterocycles. The Bertz CT molecular complexity index is 547. The fraction of sp³-hybridized carbons (Fsp3) is 0.583. The van der Waals surface area contributed by atoms with Crippen molar-refractivity contribution in [3.63, 3.8) is 0 Å². The van der Waals surface area contributed by atoms with Crippen molar-refractivity contribution in [2.75, 3.05) is 31.7 Å². The van der Waals surface area contributed by atoms with Crippen LogP contribution in [-0.2, 0) is 20.9 Å². The van der Waals surface area contributed by atoms with E-state index in [0.717, 1.165) is 0 Å². The van der Waals surface area contributed by atoms with Gasteiger partial charge in [0.25, 0.3) is 0 Å². The van der Waals surface area contributed by atoms with Gasteiger partial charge < -0.3 is 19.5 Å². The Morgan fingerprint density at radius 1 is 1.45 bits per heavy atom. The molecule has 2 heterocycles. The second kappa shape index (κ2) is 6.05. The fourth-order valence-corrected chi connectivity index (χ4v) is 2.07. The van der Waals surface area contributed by atoms with Gasteiger partial charge in [-0.2, -0.15) is 13.2 Å². The van der Waals surface area contributed by atoms with E-state index >= 15 is 0 Å². The van der Waals surface area contributed by atoms with Crippen LogP contribution in [0.25, 0.3) is 0 Å². The zero-order valence-electron chi connectivity index (χ0n) is 11.6. The molecular weight excluding hydrogens is 307 g/mol. The Hall–Kier alpha value is -1.94. The molecule has 1 aromatic rings. The number of aromatic nitrogens is 2. The van der Waals surface area contributed by atoms with Gasteiger partial charge in [-0.15, -0.1) is 0 Å². The lowest BCUT2D eigenvalue weighted by molar-refractivity contribution is -0.285. The van der Waals surface area contributed by atoms with Gasteiger partial charge in [0, 0.05) is 13.2 Å². The summed E-state index contributed by atoms with van der Waals surface area (Å²) in [6.45, 7) is -1.84. The summed E-state index contributed by atoms with van der Waals surface area (Å²) in [5, 5.41) is 8.50. The second-order valence-corrected chi connectivity index (χ2v) is 4.83. The number of ether oxygens (including phenoxy) is 2. The number of aliphatic carboxylic acids is 1. The lowest BCUT2D eigenvalue weighted by atomic mass is 9.93. The van der Waals surface area contributed by atoms with Gasteiger partial charge in [-0.1, -0.05) is 0 Å². The molecule has 0 saturated carbocycles. The van der Waals surface area contributed by atoms with Crippen LogP contribution in [0, 0.1) is 0 Å². The molecule has 0 aromatic carbocycles. The molecule has 22 heavy (non-hydrogen) atoms. The van der Waals surface area contributed by atoms with E-state index in [9.17, 15) is 18.0 Å². The predicted molar refractivity (Wildman–Crippen MR) is 67.3 cm³/mol. The lowest BCUT2D eigenvalue weighted by Crippen LogP contribution is -2.71. The number of carboxylic acid groups (broad SMARTS) is 1. The van der Waals surface area contributed by atoms with Crippen molar-refractivity contribution in [1.82, 2.24) is 9.97 Å². The standard InChI is InChI=1S/C12H14F3N3O4/c1-21-3-8-2-9(17-7-16-8)18-5-11(6-18,12(13,14)15)22-4-10(19)20/h2,7H,3-6H2,1H3,(H,19,20). The molecular formula is C12H14F3N3O4. The molecule has 1 saturated heterocycles. The molecule has 1 aliphatic rings. The van der Waals surface area contributed by atoms with Gasteiger partial charge in [-0.3, -0.25) is 0 Å². The highest BCUT2D eigenvalue weighted by Crippen LogP contribution is 2.42. The number of nitrogens with zero attached hydrogens (tertiary/aromatic N) is 3. The van der Waals surface area contributed by atoms with E-state index in [4.69, 9.17) is 9.84 Å². The Kier molecular flexibility index (Phi) is 4.52. The third kappa shape index (κ3) is 3.28. The third-order valence-electron chi connectivity index (χ3n) is 3.21. The molecule has 122 valence electrons. The van der Waals surface area contributed by atoms with Gasteiger partial charge in [0.05, 0.1) is 25.4 Å². The normalized spacial score (nSPS) is 17.2. The van der Waals surface area contributed by atoms with Crippen LogP contribution in [0.4, 0.5) is 19.0 Å². The number of carboxylic acids is 1. The zero-order valence-corrected chi connectivity index (χ0v) is 11.6. The maximum absolute atomic E-state index is 13.1. The average molecular weight is 321 g/mol. The SMILES string of the molecule is COCc1cc(N2CC(OCC(=O)O)(C(F)(F)F)C2)ncn1. The number of methoxy groups -OCH3 is 1. The smallest absolute Gasteiger partial charge is 0.420 e. The summed E-state index contributed by atoms with van der Waals surface area (Å²) in [4.78, 5) is 19.6. The average Bonchev–Trinajstić information content (AvgIpc) is 2.36. The van der Waals surface area contributed by atoms with Crippen molar-refractivity contribution >= 4 is 11.8 Å². The maximum atomic E-state index is 13.1. The van der Waals surface area contributed by atoms with Crippen molar-refractivity contribution in [3.05, 3.63) is 18.1 Å². The number of hydrogen-bond donors (Lipinski definition) is 1. The van der Waals surface area contributed by atoms with Crippen LogP contribution in [0.2, 0.25) is 0 Å². The molecule has 2 rings (SSSR count). The van der Waals surface area contributed by atoms with Crippen molar-refractivity contribution in [3.8, 4) is 0 Å². The Balaban J connectivity index is 2.09. The summed E-state index contributed by atoms with van der Waals surface area (Å²) in [7, 11) is 1.47. The first-order chi connectivity index (χ1) is 10.3. The topological polar surface area (TPSA) is 84.8 Å². The molecule has 1 aromatic heterocycles. The summed E-state index contributed by atoms with van der Waals surface area (Å²) in [6, 6.07) is 1.51. The van der Waals surface area contributed by atoms with Crippen LogP contribution in [0.3, 0.4) is 0 Å². The highest BCUT2D eigenvalue weighted by molar-refractivity contribution is 5.68. The van der Waals surface area contributed by atoms with Crippen molar-refractivity contribution in [1.29, 1.82) is 0 Å². The minimum Gasteiger partial charge on any atom is -0.480 e. The molecule has 0 radical (unpaired) electrons. The second-order valence-electron chi connectivity index (χ2n) is 4.83. The number of alkyl halides is 3. The summed E-state index contributed by atoms with van der Waals surface area (Å²) < 4.78 is 48.8. The highest BCUT2D eigenvalue weighted by atomic mass is 19.4. The van der Waals surface area contributed by atoms with Crippen LogP contribution < -0.4 is 4.90 Å². The maximum Gasteiger partial charge on any atom is 0.420 e. The van der Waals surface area contributed by atoms with Crippen LogP contribution in [-0.4, -0.2) is 59.6 Å². The Morgan fingerprint density at radius 3 is 2.68 bits per heavy atom. The molecule has 0 bridgehead atoms. The first-order valence-electron chi connectivity index (χ1n) is 6.25. The van der Waals surface area contributed by atoms with Gasteiger partial charge in [0.15, 0.2) is 5.60 Å². The van der Waals surface area contributed by atoms with Crippen molar-refractivity contribution in [2.24, 2.45) is 0 Å². The molecule has 0 aliphatic carbocycles. The van der Waals surface area contributed by atoms with E-state index in [2.05, 4.69) is 14.7 Å². The number of halogens is 3. The lowest BCUT2D eigenvalue weighted by Gasteiger charge is -2.50. The van der Waals surface area contributed by atoms with Crippen LogP contribution >= 0.6 is 0 Å². The molecule has 10 heteroatoms. The third-order valence-corrected chi connectivity index (χ3v) is 3.21. The number of rotatable bonds is 6. The van der Waals surface area contributed by atoms with E-state index < -0.39 is 37.4 Å². The van der Waals surface area contributed by atoms with Gasteiger partial charge in [0.2, 0.25) is 0 Å². The van der Waals surface area contributed by atoms with Gasteiger partial charge in [-0.05, 0) is 0 Å². The number of anilines is 1. The first kappa shape index (κ1) is 16.4. The fourth-order valence-electron chi connectivity index (χ4n) is 2.07. The van der Waals surface area contributed by atoms with Gasteiger partial charge in [0.1, 0.15) is 18.8 Å². The monoisotopic (exact) mass is 321 g/mol. The molecule has 0 unspecified atom stereocenters. The first-order valence-corrected chi connectivity index (χ1v) is 6.25. The quantitative estimate of drug-likeness (QED) is 0.831. The molecule has 0 spiro atoms. The van der Waals surface area contributed by atoms with Crippen LogP contribution in [0.1, 0.15) is 5.69 Å². The highest BCUT2D eigenvalue weighted by Gasteiger charge is 2.63. The summed E-state index contributed by atoms with van der Waals surface area (Å²) in [5.74, 6) is -1.15. The van der Waals surface area contributed by atoms with E-state index in [1.807, 2.05) is 0 Å². The van der Waals surface area contributed by atoms with Gasteiger partial charge >= 0.3 is 12.1 Å².